The molecule has 0 radical (unpaired) electrons. The Bertz CT molecular complexity index is 693. The molecule has 0 aliphatic heterocycles. The van der Waals surface area contributed by atoms with Crippen molar-refractivity contribution in [3.8, 4) is 0 Å². The number of carbonyl (C=O) groups is 1. The molecule has 2 rings (SSSR count). The van der Waals surface area contributed by atoms with Gasteiger partial charge in [-0.15, -0.1) is 0 Å². The Kier molecular flexibility index (Phi) is 5.04. The zero-order chi connectivity index (χ0) is 18.1. The van der Waals surface area contributed by atoms with Crippen LogP contribution in [0.15, 0.2) is 48.5 Å². The average Bonchev–Trinajstić information content (AvgIpc) is 2.46. The smallest absolute Gasteiger partial charge is 0.294 e. The highest BCUT2D eigenvalue weighted by atomic mass is 31.1. The maximum Gasteiger partial charge on any atom is 0.416 e. The molecule has 0 spiro atoms. The molecule has 0 atom stereocenters. The number of hydrogen-bond acceptors (Lipinski definition) is 1. The van der Waals surface area contributed by atoms with E-state index in [0.29, 0.717) is 0 Å². The highest BCUT2D eigenvalue weighted by Crippen LogP contribution is 2.38. The van der Waals surface area contributed by atoms with E-state index in [1.165, 1.54) is 12.1 Å². The quantitative estimate of drug-likeness (QED) is 0.570. The molecule has 0 saturated heterocycles. The summed E-state index contributed by atoms with van der Waals surface area (Å²) in [6.45, 7) is 1.16. The Morgan fingerprint density at radius 3 is 1.46 bits per heavy atom. The van der Waals surface area contributed by atoms with Crippen LogP contribution >= 0.6 is 7.92 Å². The summed E-state index contributed by atoms with van der Waals surface area (Å²) in [5.41, 5.74) is -2.37. The maximum atomic E-state index is 12.8. The first-order valence-electron chi connectivity index (χ1n) is 6.65. The fourth-order valence-electron chi connectivity index (χ4n) is 2.16. The summed E-state index contributed by atoms with van der Waals surface area (Å²) in [6.07, 6.45) is -9.19. The minimum atomic E-state index is -4.60. The topological polar surface area (TPSA) is 17.1 Å². The lowest BCUT2D eigenvalue weighted by Gasteiger charge is -2.18. The van der Waals surface area contributed by atoms with Crippen molar-refractivity contribution in [2.75, 3.05) is 0 Å². The van der Waals surface area contributed by atoms with Crippen LogP contribution in [-0.2, 0) is 17.1 Å². The van der Waals surface area contributed by atoms with Crippen LogP contribution < -0.4 is 10.6 Å². The standard InChI is InChI=1S/C16H11F6OP/c1-10(23)24(13-6-2-4-11(8-13)15(17,18)19)14-7-3-5-12(9-14)16(20,21)22/h2-9H,1H3. The number of carbonyl (C=O) groups excluding carboxylic acids is 1. The van der Waals surface area contributed by atoms with Crippen molar-refractivity contribution in [3.63, 3.8) is 0 Å². The van der Waals surface area contributed by atoms with Crippen LogP contribution in [0.2, 0.25) is 0 Å². The van der Waals surface area contributed by atoms with Crippen LogP contribution in [0.25, 0.3) is 0 Å². The van der Waals surface area contributed by atoms with E-state index in [4.69, 9.17) is 0 Å². The van der Waals surface area contributed by atoms with Crippen molar-refractivity contribution in [2.45, 2.75) is 19.3 Å². The molecule has 0 N–H and O–H groups in total. The molecule has 0 aliphatic carbocycles. The van der Waals surface area contributed by atoms with Crippen LogP contribution in [0.1, 0.15) is 18.1 Å². The lowest BCUT2D eigenvalue weighted by molar-refractivity contribution is -0.138. The molecule has 2 aromatic carbocycles. The van der Waals surface area contributed by atoms with E-state index in [-0.39, 0.29) is 10.6 Å². The predicted molar refractivity (Wildman–Crippen MR) is 79.8 cm³/mol. The molecule has 0 heterocycles. The van der Waals surface area contributed by atoms with Crippen molar-refractivity contribution >= 4 is 24.1 Å². The Morgan fingerprint density at radius 2 is 1.17 bits per heavy atom. The summed E-state index contributed by atoms with van der Waals surface area (Å²) in [7, 11) is -1.98. The van der Waals surface area contributed by atoms with Crippen molar-refractivity contribution in [1.82, 2.24) is 0 Å². The van der Waals surface area contributed by atoms with Crippen molar-refractivity contribution in [1.29, 1.82) is 0 Å². The van der Waals surface area contributed by atoms with Gasteiger partial charge in [0.05, 0.1) is 11.1 Å². The van der Waals surface area contributed by atoms with E-state index < -0.39 is 36.9 Å². The molecular weight excluding hydrogens is 353 g/mol. The van der Waals surface area contributed by atoms with Crippen molar-refractivity contribution in [3.05, 3.63) is 59.7 Å². The summed E-state index contributed by atoms with van der Waals surface area (Å²) in [5.74, 6) is 0. The molecule has 0 aromatic heterocycles. The lowest BCUT2D eigenvalue weighted by Crippen LogP contribution is -2.20. The summed E-state index contributed by atoms with van der Waals surface area (Å²) in [4.78, 5) is 11.9. The monoisotopic (exact) mass is 364 g/mol. The molecular formula is C16H11F6OP. The number of benzene rings is 2. The highest BCUT2D eigenvalue weighted by Gasteiger charge is 2.33. The van der Waals surface area contributed by atoms with Gasteiger partial charge in [-0.2, -0.15) is 26.3 Å². The van der Waals surface area contributed by atoms with E-state index in [9.17, 15) is 31.1 Å². The van der Waals surface area contributed by atoms with Gasteiger partial charge in [0.25, 0.3) is 0 Å². The molecule has 0 amide bonds. The maximum absolute atomic E-state index is 12.8. The first kappa shape index (κ1) is 18.5. The number of hydrogen-bond donors (Lipinski definition) is 0. The third-order valence-electron chi connectivity index (χ3n) is 3.18. The minimum absolute atomic E-state index is 0.0617. The van der Waals surface area contributed by atoms with Gasteiger partial charge in [0.2, 0.25) is 0 Å². The van der Waals surface area contributed by atoms with E-state index in [1.807, 2.05) is 0 Å². The first-order valence-corrected chi connectivity index (χ1v) is 7.99. The second-order valence-electron chi connectivity index (χ2n) is 4.95. The summed E-state index contributed by atoms with van der Waals surface area (Å²) >= 11 is 0. The van der Waals surface area contributed by atoms with Crippen LogP contribution in [-0.4, -0.2) is 5.52 Å². The second kappa shape index (κ2) is 6.55. The molecule has 24 heavy (non-hydrogen) atoms. The summed E-state index contributed by atoms with van der Waals surface area (Å²) in [5, 5.41) is 0.123. The largest absolute Gasteiger partial charge is 0.416 e. The van der Waals surface area contributed by atoms with E-state index in [2.05, 4.69) is 0 Å². The molecule has 0 saturated carbocycles. The predicted octanol–water partition coefficient (Wildman–Crippen LogP) is 4.70. The van der Waals surface area contributed by atoms with Gasteiger partial charge in [-0.3, -0.25) is 4.79 Å². The number of halogens is 6. The summed E-state index contributed by atoms with van der Waals surface area (Å²) in [6, 6.07) is 8.26. The molecule has 8 heteroatoms. The molecule has 1 nitrogen and oxygen atoms in total. The second-order valence-corrected chi connectivity index (χ2v) is 7.28. The molecule has 0 fully saturated rings. The van der Waals surface area contributed by atoms with Gasteiger partial charge in [0.15, 0.2) is 5.52 Å². The fraction of sp³-hybridized carbons (Fsp3) is 0.188. The normalized spacial score (nSPS) is 12.5. The molecule has 0 aliphatic rings. The van der Waals surface area contributed by atoms with Crippen LogP contribution in [0.5, 0.6) is 0 Å². The van der Waals surface area contributed by atoms with Crippen molar-refractivity contribution < 1.29 is 31.1 Å². The Morgan fingerprint density at radius 1 is 0.792 bits per heavy atom. The van der Waals surface area contributed by atoms with Gasteiger partial charge in [-0.05, 0) is 41.8 Å². The van der Waals surface area contributed by atoms with Gasteiger partial charge < -0.3 is 0 Å². The molecule has 2 aromatic rings. The third kappa shape index (κ3) is 4.15. The third-order valence-corrected chi connectivity index (χ3v) is 5.40. The van der Waals surface area contributed by atoms with Crippen LogP contribution in [0.4, 0.5) is 26.3 Å². The SMILES string of the molecule is CC(=O)P(c1cccc(C(F)(F)F)c1)c1cccc(C(F)(F)F)c1. The van der Waals surface area contributed by atoms with Crippen LogP contribution in [0, 0.1) is 0 Å². The zero-order valence-electron chi connectivity index (χ0n) is 12.2. The van der Waals surface area contributed by atoms with E-state index >= 15 is 0 Å². The Labute approximate surface area is 135 Å². The fourth-order valence-corrected chi connectivity index (χ4v) is 4.19. The van der Waals surface area contributed by atoms with Gasteiger partial charge in [0, 0.05) is 7.92 Å². The molecule has 0 unspecified atom stereocenters. The summed E-state index contributed by atoms with van der Waals surface area (Å²) < 4.78 is 77.0. The Hall–Kier alpha value is -1.88. The lowest BCUT2D eigenvalue weighted by atomic mass is 10.2. The van der Waals surface area contributed by atoms with Gasteiger partial charge in [-0.1, -0.05) is 24.3 Å². The van der Waals surface area contributed by atoms with Gasteiger partial charge in [0.1, 0.15) is 0 Å². The number of alkyl halides is 6. The zero-order valence-corrected chi connectivity index (χ0v) is 13.1. The van der Waals surface area contributed by atoms with Crippen molar-refractivity contribution in [2.24, 2.45) is 0 Å². The van der Waals surface area contributed by atoms with E-state index in [0.717, 1.165) is 43.3 Å². The first-order chi connectivity index (χ1) is 11.0. The number of rotatable bonds is 3. The highest BCUT2D eigenvalue weighted by molar-refractivity contribution is 7.87. The Balaban J connectivity index is 2.54. The molecule has 0 bridgehead atoms. The minimum Gasteiger partial charge on any atom is -0.294 e. The van der Waals surface area contributed by atoms with E-state index in [1.54, 1.807) is 0 Å². The van der Waals surface area contributed by atoms with Crippen LogP contribution in [0.3, 0.4) is 0 Å². The average molecular weight is 364 g/mol. The van der Waals surface area contributed by atoms with Gasteiger partial charge in [-0.25, -0.2) is 0 Å². The molecule has 128 valence electrons. The van der Waals surface area contributed by atoms with Gasteiger partial charge >= 0.3 is 12.4 Å².